The molecule has 2 amide bonds. The van der Waals surface area contributed by atoms with Gasteiger partial charge < -0.3 is 19.7 Å². The van der Waals surface area contributed by atoms with Gasteiger partial charge in [0.2, 0.25) is 11.8 Å². The monoisotopic (exact) mass is 711 g/mol. The van der Waals surface area contributed by atoms with Crippen molar-refractivity contribution in [2.75, 3.05) is 25.1 Å². The van der Waals surface area contributed by atoms with Gasteiger partial charge >= 0.3 is 0 Å². The van der Waals surface area contributed by atoms with Crippen LogP contribution in [-0.2, 0) is 32.6 Å². The van der Waals surface area contributed by atoms with Gasteiger partial charge in [-0.05, 0) is 80.1 Å². The molecule has 0 aliphatic heterocycles. The van der Waals surface area contributed by atoms with Crippen LogP contribution in [0.3, 0.4) is 0 Å². The summed E-state index contributed by atoms with van der Waals surface area (Å²) in [5, 5.41) is 3.26. The maximum Gasteiger partial charge on any atom is 0.264 e. The Bertz CT molecular complexity index is 1900. The zero-order valence-corrected chi connectivity index (χ0v) is 31.0. The predicted molar refractivity (Wildman–Crippen MR) is 201 cm³/mol. The van der Waals surface area contributed by atoms with Crippen molar-refractivity contribution in [3.63, 3.8) is 0 Å². The average molecular weight is 712 g/mol. The number of rotatable bonds is 14. The molecule has 1 fully saturated rings. The van der Waals surface area contributed by atoms with Crippen LogP contribution in [0.2, 0.25) is 0 Å². The van der Waals surface area contributed by atoms with Crippen LogP contribution in [0.4, 0.5) is 5.69 Å². The van der Waals surface area contributed by atoms with E-state index in [1.165, 1.54) is 32.4 Å². The van der Waals surface area contributed by atoms with Crippen molar-refractivity contribution in [2.24, 2.45) is 0 Å². The van der Waals surface area contributed by atoms with Crippen molar-refractivity contribution >= 4 is 27.5 Å². The fourth-order valence-corrected chi connectivity index (χ4v) is 8.25. The van der Waals surface area contributed by atoms with Gasteiger partial charge in [0.25, 0.3) is 10.0 Å². The zero-order valence-electron chi connectivity index (χ0n) is 30.2. The van der Waals surface area contributed by atoms with Gasteiger partial charge in [0, 0.05) is 25.1 Å². The van der Waals surface area contributed by atoms with Crippen LogP contribution >= 0.6 is 0 Å². The summed E-state index contributed by atoms with van der Waals surface area (Å²) in [6.07, 6.45) is 5.26. The molecule has 0 unspecified atom stereocenters. The number of nitrogens with one attached hydrogen (secondary N) is 1. The Morgan fingerprint density at radius 2 is 1.43 bits per heavy atom. The average Bonchev–Trinajstić information content (AvgIpc) is 3.12. The van der Waals surface area contributed by atoms with E-state index in [0.29, 0.717) is 11.4 Å². The highest BCUT2D eigenvalue weighted by Gasteiger charge is 2.36. The van der Waals surface area contributed by atoms with Crippen molar-refractivity contribution in [2.45, 2.75) is 82.8 Å². The molecule has 51 heavy (non-hydrogen) atoms. The smallest absolute Gasteiger partial charge is 0.264 e. The molecule has 270 valence electrons. The van der Waals surface area contributed by atoms with Gasteiger partial charge in [-0.2, -0.15) is 0 Å². The summed E-state index contributed by atoms with van der Waals surface area (Å²) in [6.45, 7) is 5.33. The Kier molecular flexibility index (Phi) is 12.4. The first kappa shape index (κ1) is 37.4. The highest BCUT2D eigenvalue weighted by Crippen LogP contribution is 2.33. The second kappa shape index (κ2) is 16.9. The molecule has 0 saturated heterocycles. The first-order valence-electron chi connectivity index (χ1n) is 17.5. The van der Waals surface area contributed by atoms with Gasteiger partial charge in [0.15, 0.2) is 11.5 Å². The lowest BCUT2D eigenvalue weighted by molar-refractivity contribution is -0.140. The molecule has 0 radical (unpaired) electrons. The number of ether oxygens (including phenoxy) is 2. The van der Waals surface area contributed by atoms with Crippen molar-refractivity contribution in [1.29, 1.82) is 0 Å². The summed E-state index contributed by atoms with van der Waals surface area (Å²) in [5.74, 6) is -0.122. The Morgan fingerprint density at radius 3 is 2.08 bits per heavy atom. The lowest BCUT2D eigenvalue weighted by Gasteiger charge is -2.35. The summed E-state index contributed by atoms with van der Waals surface area (Å²) in [5.41, 5.74) is 4.78. The van der Waals surface area contributed by atoms with E-state index < -0.39 is 28.5 Å². The number of methoxy groups -OCH3 is 2. The SMILES string of the molecule is COc1ccc(S(=O)(=O)N(CC(=O)N(Cc2cccc(C)c2)[C@@H](Cc2ccccc2)C(=O)NC2CCCCC2)c2cc(C)cc(C)c2)cc1OC. The van der Waals surface area contributed by atoms with Crippen molar-refractivity contribution in [3.05, 3.63) is 119 Å². The molecule has 0 spiro atoms. The molecule has 4 aromatic carbocycles. The standard InChI is InChI=1S/C41H49N3O6S/c1-29-13-12-16-33(22-29)27-43(37(25-32-14-8-6-9-15-32)41(46)42-34-17-10-7-11-18-34)40(45)28-44(35-23-30(2)21-31(3)24-35)51(47,48)36-19-20-38(49-4)39(26-36)50-5/h6,8-9,12-16,19-24,26,34,37H,7,10-11,17-18,25,27-28H2,1-5H3,(H,42,46)/t37-/m0/s1. The van der Waals surface area contributed by atoms with E-state index in [1.807, 2.05) is 81.4 Å². The Morgan fingerprint density at radius 1 is 0.765 bits per heavy atom. The summed E-state index contributed by atoms with van der Waals surface area (Å²) >= 11 is 0. The molecule has 4 aromatic rings. The summed E-state index contributed by atoms with van der Waals surface area (Å²) in [6, 6.07) is 26.4. The van der Waals surface area contributed by atoms with E-state index in [2.05, 4.69) is 5.32 Å². The van der Waals surface area contributed by atoms with Gasteiger partial charge in [0.05, 0.1) is 24.8 Å². The number of carbonyl (C=O) groups excluding carboxylic acids is 2. The Balaban J connectivity index is 1.60. The number of hydrogen-bond acceptors (Lipinski definition) is 6. The number of nitrogens with zero attached hydrogens (tertiary/aromatic N) is 2. The van der Waals surface area contributed by atoms with Gasteiger partial charge in [-0.25, -0.2) is 8.42 Å². The minimum Gasteiger partial charge on any atom is -0.493 e. The molecule has 0 heterocycles. The lowest BCUT2D eigenvalue weighted by Crippen LogP contribution is -2.55. The number of carbonyl (C=O) groups is 2. The summed E-state index contributed by atoms with van der Waals surface area (Å²) < 4.78 is 41.2. The Hall–Kier alpha value is -4.83. The molecule has 10 heteroatoms. The van der Waals surface area contributed by atoms with E-state index in [-0.39, 0.29) is 35.6 Å². The maximum absolute atomic E-state index is 14.9. The number of aryl methyl sites for hydroxylation is 3. The van der Waals surface area contributed by atoms with E-state index >= 15 is 0 Å². The third kappa shape index (κ3) is 9.49. The molecule has 1 aliphatic rings. The number of benzene rings is 4. The van der Waals surface area contributed by atoms with Crippen molar-refractivity contribution in [3.8, 4) is 11.5 Å². The zero-order chi connectivity index (χ0) is 36.5. The van der Waals surface area contributed by atoms with Crippen molar-refractivity contribution in [1.82, 2.24) is 10.2 Å². The van der Waals surface area contributed by atoms with E-state index in [0.717, 1.165) is 64.2 Å². The minimum absolute atomic E-state index is 0.0256. The summed E-state index contributed by atoms with van der Waals surface area (Å²) in [7, 11) is -1.41. The molecular weight excluding hydrogens is 663 g/mol. The Labute approximate surface area is 302 Å². The number of anilines is 1. The van der Waals surface area contributed by atoms with Crippen molar-refractivity contribution < 1.29 is 27.5 Å². The topological polar surface area (TPSA) is 105 Å². The first-order chi connectivity index (χ1) is 24.5. The molecule has 0 bridgehead atoms. The number of amides is 2. The minimum atomic E-state index is -4.33. The molecule has 9 nitrogen and oxygen atoms in total. The van der Waals surface area contributed by atoms with E-state index in [9.17, 15) is 18.0 Å². The van der Waals surface area contributed by atoms with E-state index in [4.69, 9.17) is 9.47 Å². The van der Waals surface area contributed by atoms with Crippen LogP contribution in [0, 0.1) is 20.8 Å². The molecule has 1 N–H and O–H groups in total. The molecular formula is C41H49N3O6S. The summed E-state index contributed by atoms with van der Waals surface area (Å²) in [4.78, 5) is 30.8. The quantitative estimate of drug-likeness (QED) is 0.152. The van der Waals surface area contributed by atoms with Crippen LogP contribution in [0.15, 0.2) is 95.9 Å². The molecule has 1 aliphatic carbocycles. The fraction of sp³-hybridized carbons (Fsp3) is 0.366. The predicted octanol–water partition coefficient (Wildman–Crippen LogP) is 6.91. The van der Waals surface area contributed by atoms with E-state index in [1.54, 1.807) is 17.0 Å². The molecule has 1 atom stereocenters. The number of sulfonamides is 1. The third-order valence-electron chi connectivity index (χ3n) is 9.37. The highest BCUT2D eigenvalue weighted by atomic mass is 32.2. The fourth-order valence-electron chi connectivity index (χ4n) is 6.83. The third-order valence-corrected chi connectivity index (χ3v) is 11.1. The number of hydrogen-bond donors (Lipinski definition) is 1. The largest absolute Gasteiger partial charge is 0.493 e. The van der Waals surface area contributed by atoms with Gasteiger partial charge in [-0.3, -0.25) is 13.9 Å². The normalized spacial score (nSPS) is 14.0. The van der Waals surface area contributed by atoms with Crippen LogP contribution in [-0.4, -0.2) is 58.0 Å². The highest BCUT2D eigenvalue weighted by molar-refractivity contribution is 7.92. The molecule has 5 rings (SSSR count). The van der Waals surface area contributed by atoms with Gasteiger partial charge in [0.1, 0.15) is 12.6 Å². The molecule has 1 saturated carbocycles. The van der Waals surface area contributed by atoms with Crippen LogP contribution in [0.5, 0.6) is 11.5 Å². The molecule has 0 aromatic heterocycles. The maximum atomic E-state index is 14.9. The van der Waals surface area contributed by atoms with Gasteiger partial charge in [-0.1, -0.05) is 85.5 Å². The lowest BCUT2D eigenvalue weighted by atomic mass is 9.94. The second-order valence-electron chi connectivity index (χ2n) is 13.4. The van der Waals surface area contributed by atoms with Gasteiger partial charge in [-0.15, -0.1) is 0 Å². The van der Waals surface area contributed by atoms with Crippen LogP contribution < -0.4 is 19.1 Å². The first-order valence-corrected chi connectivity index (χ1v) is 18.9. The van der Waals surface area contributed by atoms with Crippen LogP contribution in [0.1, 0.15) is 59.9 Å². The van der Waals surface area contributed by atoms with Crippen LogP contribution in [0.25, 0.3) is 0 Å². The second-order valence-corrected chi connectivity index (χ2v) is 15.3.